The Morgan fingerprint density at radius 1 is 1.03 bits per heavy atom. The van der Waals surface area contributed by atoms with Gasteiger partial charge < -0.3 is 10.4 Å². The number of aliphatic hydroxyl groups excluding tert-OH is 1. The SMILES string of the molecule is [CH2]C(C)C(=O)NC(Cc1ccccc1)C(O)CN(CCC(C)C)S(=O)(=O)c1ccccc1. The molecule has 7 heteroatoms. The first-order valence-corrected chi connectivity index (χ1v) is 12.5. The van der Waals surface area contributed by atoms with E-state index in [1.807, 2.05) is 44.2 Å². The zero-order valence-corrected chi connectivity index (χ0v) is 20.0. The number of carbonyl (C=O) groups is 1. The van der Waals surface area contributed by atoms with E-state index in [0.717, 1.165) is 5.56 Å². The van der Waals surface area contributed by atoms with Gasteiger partial charge in [0.25, 0.3) is 0 Å². The minimum Gasteiger partial charge on any atom is -0.390 e. The molecule has 2 aromatic carbocycles. The standard InChI is InChI=1S/C25H35N2O4S/c1-19(2)15-16-27(32(30,31)22-13-9-6-10-14-22)18-24(28)23(26-25(29)20(3)4)17-21-11-7-5-8-12-21/h5-14,19-20,23-24,28H,3,15-18H2,1-2,4H3,(H,26,29). The lowest BCUT2D eigenvalue weighted by Crippen LogP contribution is -2.51. The van der Waals surface area contributed by atoms with Crippen molar-refractivity contribution in [2.45, 2.75) is 50.7 Å². The maximum absolute atomic E-state index is 13.3. The van der Waals surface area contributed by atoms with Gasteiger partial charge in [0, 0.05) is 19.0 Å². The van der Waals surface area contributed by atoms with Crippen LogP contribution in [0, 0.1) is 18.8 Å². The summed E-state index contributed by atoms with van der Waals surface area (Å²) in [5, 5.41) is 14.0. The summed E-state index contributed by atoms with van der Waals surface area (Å²) in [6, 6.07) is 17.1. The maximum atomic E-state index is 13.3. The average molecular weight is 460 g/mol. The van der Waals surface area contributed by atoms with Crippen molar-refractivity contribution in [1.82, 2.24) is 9.62 Å². The molecule has 2 N–H and O–H groups in total. The van der Waals surface area contributed by atoms with E-state index in [-0.39, 0.29) is 23.9 Å². The number of carbonyl (C=O) groups excluding carboxylic acids is 1. The van der Waals surface area contributed by atoms with E-state index in [1.54, 1.807) is 37.3 Å². The lowest BCUT2D eigenvalue weighted by molar-refractivity contribution is -0.124. The van der Waals surface area contributed by atoms with Crippen molar-refractivity contribution in [2.75, 3.05) is 13.1 Å². The first kappa shape index (κ1) is 26.0. The predicted octanol–water partition coefficient (Wildman–Crippen LogP) is 3.28. The van der Waals surface area contributed by atoms with Gasteiger partial charge in [-0.05, 0) is 43.4 Å². The summed E-state index contributed by atoms with van der Waals surface area (Å²) in [5.41, 5.74) is 0.938. The molecule has 0 aliphatic rings. The molecule has 3 atom stereocenters. The fourth-order valence-corrected chi connectivity index (χ4v) is 4.76. The van der Waals surface area contributed by atoms with Crippen molar-refractivity contribution >= 4 is 15.9 Å². The molecule has 0 saturated carbocycles. The maximum Gasteiger partial charge on any atom is 0.243 e. The van der Waals surface area contributed by atoms with Crippen LogP contribution in [-0.4, -0.2) is 49.0 Å². The Labute approximate surface area is 192 Å². The van der Waals surface area contributed by atoms with Crippen molar-refractivity contribution in [3.05, 3.63) is 73.2 Å². The van der Waals surface area contributed by atoms with Gasteiger partial charge in [-0.25, -0.2) is 8.42 Å². The van der Waals surface area contributed by atoms with Crippen LogP contribution < -0.4 is 5.32 Å². The number of nitrogens with zero attached hydrogens (tertiary/aromatic N) is 1. The number of nitrogens with one attached hydrogen (secondary N) is 1. The molecule has 0 aliphatic carbocycles. The fraction of sp³-hybridized carbons (Fsp3) is 0.440. The summed E-state index contributed by atoms with van der Waals surface area (Å²) in [7, 11) is -3.79. The second-order valence-electron chi connectivity index (χ2n) is 8.63. The molecule has 32 heavy (non-hydrogen) atoms. The first-order chi connectivity index (χ1) is 15.1. The van der Waals surface area contributed by atoms with Gasteiger partial charge >= 0.3 is 0 Å². The van der Waals surface area contributed by atoms with Crippen LogP contribution in [0.3, 0.4) is 0 Å². The van der Waals surface area contributed by atoms with Gasteiger partial charge in [-0.2, -0.15) is 4.31 Å². The number of rotatable bonds is 12. The Morgan fingerprint density at radius 3 is 2.12 bits per heavy atom. The quantitative estimate of drug-likeness (QED) is 0.510. The minimum atomic E-state index is -3.79. The molecule has 0 bridgehead atoms. The monoisotopic (exact) mass is 459 g/mol. The van der Waals surface area contributed by atoms with Crippen LogP contribution in [0.15, 0.2) is 65.6 Å². The third-order valence-electron chi connectivity index (χ3n) is 5.27. The third kappa shape index (κ3) is 7.73. The van der Waals surface area contributed by atoms with Gasteiger partial charge in [-0.1, -0.05) is 69.3 Å². The molecule has 0 aliphatic heterocycles. The largest absolute Gasteiger partial charge is 0.390 e. The van der Waals surface area contributed by atoms with Crippen LogP contribution in [0.4, 0.5) is 0 Å². The van der Waals surface area contributed by atoms with E-state index in [9.17, 15) is 18.3 Å². The van der Waals surface area contributed by atoms with Gasteiger partial charge in [0.2, 0.25) is 15.9 Å². The molecule has 0 saturated heterocycles. The molecule has 1 amide bonds. The fourth-order valence-electron chi connectivity index (χ4n) is 3.27. The lowest BCUT2D eigenvalue weighted by Gasteiger charge is -2.30. The molecule has 6 nitrogen and oxygen atoms in total. The molecule has 1 radical (unpaired) electrons. The average Bonchev–Trinajstić information content (AvgIpc) is 2.76. The Balaban J connectivity index is 2.29. The second-order valence-corrected chi connectivity index (χ2v) is 10.6. The molecule has 2 rings (SSSR count). The Hall–Kier alpha value is -2.22. The summed E-state index contributed by atoms with van der Waals surface area (Å²) in [5.74, 6) is -0.484. The number of hydrogen-bond donors (Lipinski definition) is 2. The minimum absolute atomic E-state index is 0.118. The Bertz CT molecular complexity index is 931. The topological polar surface area (TPSA) is 86.7 Å². The van der Waals surface area contributed by atoms with E-state index in [0.29, 0.717) is 18.8 Å². The third-order valence-corrected chi connectivity index (χ3v) is 7.15. The number of hydrogen-bond acceptors (Lipinski definition) is 4. The van der Waals surface area contributed by atoms with Gasteiger partial charge in [0.1, 0.15) is 0 Å². The van der Waals surface area contributed by atoms with Crippen molar-refractivity contribution in [2.24, 2.45) is 11.8 Å². The van der Waals surface area contributed by atoms with E-state index < -0.39 is 28.1 Å². The zero-order chi connectivity index (χ0) is 23.7. The highest BCUT2D eigenvalue weighted by atomic mass is 32.2. The number of sulfonamides is 1. The molecule has 0 spiro atoms. The van der Waals surface area contributed by atoms with Crippen molar-refractivity contribution < 1.29 is 18.3 Å². The van der Waals surface area contributed by atoms with E-state index in [1.165, 1.54) is 4.31 Å². The van der Waals surface area contributed by atoms with Gasteiger partial charge in [-0.15, -0.1) is 0 Å². The molecule has 2 aromatic rings. The van der Waals surface area contributed by atoms with Crippen molar-refractivity contribution in [1.29, 1.82) is 0 Å². The highest BCUT2D eigenvalue weighted by molar-refractivity contribution is 7.89. The summed E-state index contributed by atoms with van der Waals surface area (Å²) >= 11 is 0. The molecule has 0 heterocycles. The second kappa shape index (κ2) is 12.1. The van der Waals surface area contributed by atoms with Crippen LogP contribution in [-0.2, 0) is 21.2 Å². The summed E-state index contributed by atoms with van der Waals surface area (Å²) in [6.07, 6.45) is -0.0579. The van der Waals surface area contributed by atoms with Crippen molar-refractivity contribution in [3.8, 4) is 0 Å². The molecular weight excluding hydrogens is 424 g/mol. The van der Waals surface area contributed by atoms with Crippen LogP contribution in [0.1, 0.15) is 32.8 Å². The molecular formula is C25H35N2O4S. The normalized spacial score (nSPS) is 14.0. The van der Waals surface area contributed by atoms with Crippen LogP contribution >= 0.6 is 0 Å². The highest BCUT2D eigenvalue weighted by Crippen LogP contribution is 2.19. The highest BCUT2D eigenvalue weighted by Gasteiger charge is 2.31. The number of benzene rings is 2. The van der Waals surface area contributed by atoms with E-state index in [4.69, 9.17) is 0 Å². The Kier molecular flexibility index (Phi) is 9.87. The lowest BCUT2D eigenvalue weighted by atomic mass is 10.00. The zero-order valence-electron chi connectivity index (χ0n) is 19.1. The first-order valence-electron chi connectivity index (χ1n) is 11.0. The van der Waals surface area contributed by atoms with Crippen molar-refractivity contribution in [3.63, 3.8) is 0 Å². The Morgan fingerprint density at radius 2 is 1.59 bits per heavy atom. The van der Waals surface area contributed by atoms with E-state index >= 15 is 0 Å². The number of aliphatic hydroxyl groups is 1. The van der Waals surface area contributed by atoms with Crippen LogP contribution in [0.25, 0.3) is 0 Å². The molecule has 3 unspecified atom stereocenters. The summed E-state index contributed by atoms with van der Waals surface area (Å²) in [6.45, 7) is 9.64. The smallest absolute Gasteiger partial charge is 0.243 e. The van der Waals surface area contributed by atoms with Gasteiger partial charge in [0.05, 0.1) is 17.0 Å². The molecule has 175 valence electrons. The van der Waals surface area contributed by atoms with Crippen LogP contribution in [0.5, 0.6) is 0 Å². The van der Waals surface area contributed by atoms with E-state index in [2.05, 4.69) is 12.2 Å². The summed E-state index contributed by atoms with van der Waals surface area (Å²) in [4.78, 5) is 12.5. The molecule has 0 fully saturated rings. The predicted molar refractivity (Wildman–Crippen MR) is 127 cm³/mol. The molecule has 0 aromatic heterocycles. The number of amides is 1. The van der Waals surface area contributed by atoms with Gasteiger partial charge in [0.15, 0.2) is 0 Å². The van der Waals surface area contributed by atoms with Gasteiger partial charge in [-0.3, -0.25) is 4.79 Å². The summed E-state index contributed by atoms with van der Waals surface area (Å²) < 4.78 is 27.9. The van der Waals surface area contributed by atoms with Crippen LogP contribution in [0.2, 0.25) is 0 Å².